The van der Waals surface area contributed by atoms with Crippen molar-refractivity contribution >= 4 is 11.5 Å². The van der Waals surface area contributed by atoms with Crippen LogP contribution in [0.5, 0.6) is 0 Å². The van der Waals surface area contributed by atoms with Crippen LogP contribution >= 0.6 is 0 Å². The maximum atomic E-state index is 12.2. The summed E-state index contributed by atoms with van der Waals surface area (Å²) in [5.41, 5.74) is 1.58. The second-order valence-corrected chi connectivity index (χ2v) is 3.54. The molecule has 2 aromatic carbocycles. The normalized spacial score (nSPS) is 11.2. The van der Waals surface area contributed by atoms with E-state index in [1.165, 1.54) is 0 Å². The molecule has 2 rings (SSSR count). The van der Waals surface area contributed by atoms with E-state index in [0.717, 1.165) is 5.56 Å². The molecule has 0 heterocycles. The third kappa shape index (κ3) is 2.39. The summed E-state index contributed by atoms with van der Waals surface area (Å²) in [4.78, 5) is 12.2. The zero-order chi connectivity index (χ0) is 12.1. The number of benzene rings is 2. The van der Waals surface area contributed by atoms with Crippen LogP contribution in [0.3, 0.4) is 0 Å². The number of nitrogens with two attached hydrogens (primary N) is 1. The van der Waals surface area contributed by atoms with Gasteiger partial charge in [0.25, 0.3) is 0 Å². The number of carbonyl (C=O) groups excluding carboxylic acids is 1. The van der Waals surface area contributed by atoms with Crippen LogP contribution in [0.1, 0.15) is 15.9 Å². The summed E-state index contributed by atoms with van der Waals surface area (Å²) in [6.45, 7) is 0. The van der Waals surface area contributed by atoms with Crippen molar-refractivity contribution in [1.82, 2.24) is 0 Å². The summed E-state index contributed by atoms with van der Waals surface area (Å²) in [5.74, 6) is 5.14. The minimum atomic E-state index is -0.167. The molecule has 0 radical (unpaired) electrons. The topological polar surface area (TPSA) is 55.4 Å². The zero-order valence-electron chi connectivity index (χ0n) is 9.21. The fourth-order valence-corrected chi connectivity index (χ4v) is 1.59. The van der Waals surface area contributed by atoms with Gasteiger partial charge in [0.1, 0.15) is 5.71 Å². The molecule has 0 aliphatic carbocycles. The number of Topliss-reactive ketones (excluding diaryl/α,β-unsaturated/α-hetero) is 1. The van der Waals surface area contributed by atoms with E-state index in [4.69, 9.17) is 5.84 Å². The summed E-state index contributed by atoms with van der Waals surface area (Å²) in [6.07, 6.45) is 0. The van der Waals surface area contributed by atoms with E-state index in [1.54, 1.807) is 12.1 Å². The highest BCUT2D eigenvalue weighted by Crippen LogP contribution is 2.08. The van der Waals surface area contributed by atoms with Crippen molar-refractivity contribution in [2.45, 2.75) is 0 Å². The molecule has 17 heavy (non-hydrogen) atoms. The molecule has 0 aromatic heterocycles. The molecule has 0 fully saturated rings. The SMILES string of the molecule is [15NH2]/[15N]=C(\C(=O)c1ccccc1)c1ccccc1. The predicted molar refractivity (Wildman–Crippen MR) is 67.9 cm³/mol. The highest BCUT2D eigenvalue weighted by atomic mass is 16.1. The van der Waals surface area contributed by atoms with Crippen molar-refractivity contribution in [3.05, 3.63) is 71.8 Å². The maximum Gasteiger partial charge on any atom is 0.213 e. The summed E-state index contributed by atoms with van der Waals surface area (Å²) >= 11 is 0. The molecular formula is C14H12N2O. The summed E-state index contributed by atoms with van der Waals surface area (Å²) < 4.78 is 0. The third-order valence-corrected chi connectivity index (χ3v) is 2.43. The van der Waals surface area contributed by atoms with E-state index < -0.39 is 0 Å². The molecule has 0 aliphatic rings. The molecule has 0 saturated heterocycles. The first kappa shape index (κ1) is 11.1. The van der Waals surface area contributed by atoms with Gasteiger partial charge in [0.05, 0.1) is 0 Å². The highest BCUT2D eigenvalue weighted by molar-refractivity contribution is 6.51. The Morgan fingerprint density at radius 1 is 0.824 bits per heavy atom. The quantitative estimate of drug-likeness (QED) is 0.287. The summed E-state index contributed by atoms with van der Waals surface area (Å²) in [5, 5.41) is 3.60. The van der Waals surface area contributed by atoms with Crippen LogP contribution in [0.4, 0.5) is 0 Å². The lowest BCUT2D eigenvalue weighted by atomic mass is 10.0. The lowest BCUT2D eigenvalue weighted by Crippen LogP contribution is -2.17. The largest absolute Gasteiger partial charge is 0.323 e. The van der Waals surface area contributed by atoms with Gasteiger partial charge in [0, 0.05) is 11.1 Å². The van der Waals surface area contributed by atoms with E-state index >= 15 is 0 Å². The van der Waals surface area contributed by atoms with Crippen LogP contribution in [0.15, 0.2) is 65.8 Å². The summed E-state index contributed by atoms with van der Waals surface area (Å²) in [7, 11) is 0. The lowest BCUT2D eigenvalue weighted by molar-refractivity contribution is 0.106. The average molecular weight is 226 g/mol. The Bertz CT molecular complexity index is 533. The van der Waals surface area contributed by atoms with Gasteiger partial charge in [-0.2, -0.15) is 5.10 Å². The first-order valence-electron chi connectivity index (χ1n) is 5.26. The Hall–Kier alpha value is -2.42. The van der Waals surface area contributed by atoms with E-state index in [-0.39, 0.29) is 11.5 Å². The van der Waals surface area contributed by atoms with Crippen LogP contribution < -0.4 is 5.84 Å². The molecule has 0 aliphatic heterocycles. The molecule has 0 atom stereocenters. The smallest absolute Gasteiger partial charge is 0.213 e. The summed E-state index contributed by atoms with van der Waals surface area (Å²) in [6, 6.07) is 18.2. The van der Waals surface area contributed by atoms with Gasteiger partial charge in [0.2, 0.25) is 5.78 Å². The molecule has 0 spiro atoms. The zero-order valence-corrected chi connectivity index (χ0v) is 9.21. The van der Waals surface area contributed by atoms with E-state index in [1.807, 2.05) is 48.5 Å². The Morgan fingerprint density at radius 2 is 1.29 bits per heavy atom. The maximum absolute atomic E-state index is 12.2. The number of hydrogen-bond donors (Lipinski definition) is 1. The second-order valence-electron chi connectivity index (χ2n) is 3.54. The molecule has 2 aromatic rings. The van der Waals surface area contributed by atoms with Crippen molar-refractivity contribution in [2.75, 3.05) is 0 Å². The van der Waals surface area contributed by atoms with Crippen molar-refractivity contribution in [1.29, 1.82) is 0 Å². The molecule has 0 amide bonds. The van der Waals surface area contributed by atoms with Crippen LogP contribution in [-0.4, -0.2) is 11.5 Å². The molecular weight excluding hydrogens is 214 g/mol. The minimum Gasteiger partial charge on any atom is -0.323 e. The van der Waals surface area contributed by atoms with Gasteiger partial charge < -0.3 is 5.84 Å². The van der Waals surface area contributed by atoms with Crippen molar-refractivity contribution in [2.24, 2.45) is 10.9 Å². The monoisotopic (exact) mass is 226 g/mol. The predicted octanol–water partition coefficient (Wildman–Crippen LogP) is 2.23. The first-order chi connectivity index (χ1) is 8.33. The molecule has 2 N–H and O–H groups in total. The average Bonchev–Trinajstić information content (AvgIpc) is 2.42. The van der Waals surface area contributed by atoms with E-state index in [9.17, 15) is 4.79 Å². The van der Waals surface area contributed by atoms with Gasteiger partial charge in [-0.05, 0) is 0 Å². The van der Waals surface area contributed by atoms with Gasteiger partial charge in [-0.1, -0.05) is 60.7 Å². The molecule has 3 nitrogen and oxygen atoms in total. The van der Waals surface area contributed by atoms with Gasteiger partial charge in [-0.15, -0.1) is 0 Å². The van der Waals surface area contributed by atoms with Gasteiger partial charge in [0.15, 0.2) is 0 Å². The van der Waals surface area contributed by atoms with Crippen LogP contribution in [0.2, 0.25) is 0 Å². The van der Waals surface area contributed by atoms with Gasteiger partial charge in [-0.3, -0.25) is 4.79 Å². The minimum absolute atomic E-state index is 0.167. The second kappa shape index (κ2) is 5.07. The number of rotatable bonds is 3. The van der Waals surface area contributed by atoms with Gasteiger partial charge >= 0.3 is 0 Å². The third-order valence-electron chi connectivity index (χ3n) is 2.43. The fourth-order valence-electron chi connectivity index (χ4n) is 1.59. The van der Waals surface area contributed by atoms with Crippen LogP contribution in [0.25, 0.3) is 0 Å². The molecule has 0 saturated carbocycles. The Morgan fingerprint density at radius 3 is 1.76 bits per heavy atom. The number of nitrogens with zero attached hydrogens (tertiary/aromatic N) is 1. The van der Waals surface area contributed by atoms with Crippen molar-refractivity contribution in [3.8, 4) is 0 Å². The van der Waals surface area contributed by atoms with Gasteiger partial charge in [-0.25, -0.2) is 0 Å². The number of carbonyl (C=O) groups is 1. The Labute approximate surface area is 99.6 Å². The Balaban J connectivity index is 2.37. The standard InChI is InChI=1S/C14H12N2O/c15-16-13(11-7-3-1-4-8-11)14(17)12-9-5-2-6-10-12/h1-10H,15H2/b16-13-/i15+1,16+1. The highest BCUT2D eigenvalue weighted by Gasteiger charge is 2.15. The van der Waals surface area contributed by atoms with E-state index in [2.05, 4.69) is 5.10 Å². The van der Waals surface area contributed by atoms with Crippen molar-refractivity contribution < 1.29 is 4.79 Å². The fraction of sp³-hybridized carbons (Fsp3) is 0. The number of hydrogen-bond acceptors (Lipinski definition) is 3. The first-order valence-corrected chi connectivity index (χ1v) is 5.26. The van der Waals surface area contributed by atoms with Crippen LogP contribution in [0, 0.1) is 0 Å². The number of ketones is 1. The molecule has 0 bridgehead atoms. The van der Waals surface area contributed by atoms with Crippen LogP contribution in [-0.2, 0) is 0 Å². The molecule has 3 heteroatoms. The van der Waals surface area contributed by atoms with Crippen molar-refractivity contribution in [3.63, 3.8) is 0 Å². The number of hydrazone groups is 1. The lowest BCUT2D eigenvalue weighted by Gasteiger charge is -2.04. The Kier molecular flexibility index (Phi) is 3.31. The molecule has 0 unspecified atom stereocenters. The van der Waals surface area contributed by atoms with E-state index in [0.29, 0.717) is 5.56 Å². The molecule has 84 valence electrons.